The molecular formula is C16H22ClN3O4. The zero-order chi connectivity index (χ0) is 17.9. The van der Waals surface area contributed by atoms with Gasteiger partial charge >= 0.3 is 6.09 Å². The van der Waals surface area contributed by atoms with Crippen molar-refractivity contribution < 1.29 is 14.5 Å². The van der Waals surface area contributed by atoms with Gasteiger partial charge in [-0.1, -0.05) is 17.7 Å². The van der Waals surface area contributed by atoms with E-state index in [-0.39, 0.29) is 16.8 Å². The lowest BCUT2D eigenvalue weighted by atomic mass is 10.1. The summed E-state index contributed by atoms with van der Waals surface area (Å²) in [5.74, 6) is 0. The van der Waals surface area contributed by atoms with Crippen LogP contribution in [0, 0.1) is 10.1 Å². The average molecular weight is 356 g/mol. The van der Waals surface area contributed by atoms with Gasteiger partial charge in [-0.2, -0.15) is 0 Å². The normalized spacial score (nSPS) is 16.1. The van der Waals surface area contributed by atoms with E-state index in [9.17, 15) is 14.9 Å². The van der Waals surface area contributed by atoms with Gasteiger partial charge in [0.2, 0.25) is 0 Å². The number of hydrogen-bond donors (Lipinski definition) is 0. The van der Waals surface area contributed by atoms with Crippen LogP contribution in [0.5, 0.6) is 0 Å². The minimum atomic E-state index is -0.504. The van der Waals surface area contributed by atoms with Crippen LogP contribution in [0.25, 0.3) is 0 Å². The summed E-state index contributed by atoms with van der Waals surface area (Å²) < 4.78 is 5.36. The Kier molecular flexibility index (Phi) is 5.66. The SMILES string of the molecule is CC(C)(C)OC(=O)N1CCN(Cc2ccc(Cl)c([N+](=O)[O-])c2)CC1. The van der Waals surface area contributed by atoms with Crippen molar-refractivity contribution in [1.29, 1.82) is 0 Å². The summed E-state index contributed by atoms with van der Waals surface area (Å²) in [5.41, 5.74) is 0.245. The van der Waals surface area contributed by atoms with Crippen LogP contribution in [-0.2, 0) is 11.3 Å². The molecule has 0 radical (unpaired) electrons. The van der Waals surface area contributed by atoms with E-state index in [0.29, 0.717) is 32.7 Å². The molecule has 1 aromatic rings. The topological polar surface area (TPSA) is 75.9 Å². The van der Waals surface area contributed by atoms with Gasteiger partial charge in [0.05, 0.1) is 4.92 Å². The second kappa shape index (κ2) is 7.36. The van der Waals surface area contributed by atoms with E-state index in [1.54, 1.807) is 17.0 Å². The summed E-state index contributed by atoms with van der Waals surface area (Å²) in [4.78, 5) is 26.3. The second-order valence-electron chi connectivity index (χ2n) is 6.79. The van der Waals surface area contributed by atoms with Crippen LogP contribution >= 0.6 is 11.6 Å². The maximum Gasteiger partial charge on any atom is 0.410 e. The molecule has 0 N–H and O–H groups in total. The standard InChI is InChI=1S/C16H22ClN3O4/c1-16(2,3)24-15(21)19-8-6-18(7-9-19)11-12-4-5-13(17)14(10-12)20(22)23/h4-5,10H,6-9,11H2,1-3H3. The first-order valence-electron chi connectivity index (χ1n) is 7.79. The van der Waals surface area contributed by atoms with E-state index in [0.717, 1.165) is 5.56 Å². The van der Waals surface area contributed by atoms with Crippen LogP contribution in [-0.4, -0.2) is 52.6 Å². The van der Waals surface area contributed by atoms with Gasteiger partial charge in [0, 0.05) is 38.8 Å². The molecule has 0 atom stereocenters. The monoisotopic (exact) mass is 355 g/mol. The largest absolute Gasteiger partial charge is 0.444 e. The number of rotatable bonds is 3. The highest BCUT2D eigenvalue weighted by Crippen LogP contribution is 2.25. The fraction of sp³-hybridized carbons (Fsp3) is 0.562. The number of piperazine rings is 1. The summed E-state index contributed by atoms with van der Waals surface area (Å²) in [5, 5.41) is 11.1. The fourth-order valence-electron chi connectivity index (χ4n) is 2.47. The zero-order valence-corrected chi connectivity index (χ0v) is 14.9. The van der Waals surface area contributed by atoms with Gasteiger partial charge in [-0.3, -0.25) is 15.0 Å². The summed E-state index contributed by atoms with van der Waals surface area (Å²) >= 11 is 5.83. The molecule has 0 bridgehead atoms. The van der Waals surface area contributed by atoms with Crippen molar-refractivity contribution in [2.45, 2.75) is 32.9 Å². The molecule has 132 valence electrons. The highest BCUT2D eigenvalue weighted by molar-refractivity contribution is 6.32. The number of amides is 1. The minimum Gasteiger partial charge on any atom is -0.444 e. The number of carbonyl (C=O) groups excluding carboxylic acids is 1. The van der Waals surface area contributed by atoms with E-state index < -0.39 is 10.5 Å². The lowest BCUT2D eigenvalue weighted by Gasteiger charge is -2.35. The maximum atomic E-state index is 12.0. The van der Waals surface area contributed by atoms with Gasteiger partial charge in [0.15, 0.2) is 0 Å². The van der Waals surface area contributed by atoms with Gasteiger partial charge in [0.1, 0.15) is 10.6 Å². The van der Waals surface area contributed by atoms with Gasteiger partial charge in [-0.25, -0.2) is 4.79 Å². The quantitative estimate of drug-likeness (QED) is 0.614. The van der Waals surface area contributed by atoms with Crippen LogP contribution < -0.4 is 0 Å². The Labute approximate surface area is 146 Å². The fourth-order valence-corrected chi connectivity index (χ4v) is 2.66. The molecule has 1 aromatic carbocycles. The minimum absolute atomic E-state index is 0.0819. The summed E-state index contributed by atoms with van der Waals surface area (Å²) in [6, 6.07) is 4.84. The molecule has 0 saturated carbocycles. The summed E-state index contributed by atoms with van der Waals surface area (Å²) in [6.45, 7) is 8.64. The van der Waals surface area contributed by atoms with E-state index >= 15 is 0 Å². The van der Waals surface area contributed by atoms with Crippen molar-refractivity contribution in [1.82, 2.24) is 9.80 Å². The zero-order valence-electron chi connectivity index (χ0n) is 14.1. The number of benzene rings is 1. The smallest absolute Gasteiger partial charge is 0.410 e. The summed E-state index contributed by atoms with van der Waals surface area (Å²) in [7, 11) is 0. The molecule has 7 nitrogen and oxygen atoms in total. The van der Waals surface area contributed by atoms with Crippen molar-refractivity contribution in [2.24, 2.45) is 0 Å². The Balaban J connectivity index is 1.90. The third-order valence-electron chi connectivity index (χ3n) is 3.64. The molecule has 0 aliphatic carbocycles. The third kappa shape index (κ3) is 5.07. The third-order valence-corrected chi connectivity index (χ3v) is 3.96. The lowest BCUT2D eigenvalue weighted by Crippen LogP contribution is -2.49. The molecule has 24 heavy (non-hydrogen) atoms. The van der Waals surface area contributed by atoms with Gasteiger partial charge < -0.3 is 9.64 Å². The highest BCUT2D eigenvalue weighted by atomic mass is 35.5. The molecule has 0 spiro atoms. The number of nitro groups is 1. The summed E-state index contributed by atoms with van der Waals surface area (Å²) in [6.07, 6.45) is -0.302. The number of nitrogens with zero attached hydrogens (tertiary/aromatic N) is 3. The first-order valence-corrected chi connectivity index (χ1v) is 8.16. The molecular weight excluding hydrogens is 334 g/mol. The molecule has 1 heterocycles. The van der Waals surface area contributed by atoms with Crippen LogP contribution in [0.15, 0.2) is 18.2 Å². The molecule has 1 fully saturated rings. The first kappa shape index (κ1) is 18.5. The molecule has 1 amide bonds. The molecule has 0 aromatic heterocycles. The van der Waals surface area contributed by atoms with Crippen LogP contribution in [0.2, 0.25) is 5.02 Å². The molecule has 1 aliphatic rings. The molecule has 2 rings (SSSR count). The van der Waals surface area contributed by atoms with Crippen LogP contribution in [0.3, 0.4) is 0 Å². The number of carbonyl (C=O) groups is 1. The van der Waals surface area contributed by atoms with E-state index in [2.05, 4.69) is 4.90 Å². The Bertz CT molecular complexity index is 622. The van der Waals surface area contributed by atoms with Gasteiger partial charge in [-0.15, -0.1) is 0 Å². The van der Waals surface area contributed by atoms with Gasteiger partial charge in [-0.05, 0) is 32.4 Å². The van der Waals surface area contributed by atoms with E-state index in [4.69, 9.17) is 16.3 Å². The first-order chi connectivity index (χ1) is 11.2. The van der Waals surface area contributed by atoms with Crippen LogP contribution in [0.4, 0.5) is 10.5 Å². The molecule has 1 saturated heterocycles. The Hall–Kier alpha value is -1.86. The Morgan fingerprint density at radius 2 is 1.92 bits per heavy atom. The maximum absolute atomic E-state index is 12.0. The predicted molar refractivity (Wildman–Crippen MR) is 91.2 cm³/mol. The predicted octanol–water partition coefficient (Wildman–Crippen LogP) is 3.30. The van der Waals surface area contributed by atoms with Crippen molar-refractivity contribution in [3.05, 3.63) is 38.9 Å². The van der Waals surface area contributed by atoms with Crippen LogP contribution in [0.1, 0.15) is 26.3 Å². The molecule has 0 unspecified atom stereocenters. The van der Waals surface area contributed by atoms with E-state index in [1.807, 2.05) is 20.8 Å². The van der Waals surface area contributed by atoms with E-state index in [1.165, 1.54) is 6.07 Å². The van der Waals surface area contributed by atoms with Crippen molar-refractivity contribution >= 4 is 23.4 Å². The second-order valence-corrected chi connectivity index (χ2v) is 7.19. The van der Waals surface area contributed by atoms with Crippen molar-refractivity contribution in [3.8, 4) is 0 Å². The number of ether oxygens (including phenoxy) is 1. The lowest BCUT2D eigenvalue weighted by molar-refractivity contribution is -0.384. The number of hydrogen-bond acceptors (Lipinski definition) is 5. The Morgan fingerprint density at radius 1 is 1.29 bits per heavy atom. The number of halogens is 1. The average Bonchev–Trinajstić information content (AvgIpc) is 2.48. The van der Waals surface area contributed by atoms with Crippen molar-refractivity contribution in [3.63, 3.8) is 0 Å². The van der Waals surface area contributed by atoms with Gasteiger partial charge in [0.25, 0.3) is 5.69 Å². The molecule has 8 heteroatoms. The Morgan fingerprint density at radius 3 is 2.46 bits per heavy atom. The highest BCUT2D eigenvalue weighted by Gasteiger charge is 2.26. The molecule has 1 aliphatic heterocycles. The van der Waals surface area contributed by atoms with Crippen molar-refractivity contribution in [2.75, 3.05) is 26.2 Å². The number of nitro benzene ring substituents is 1.